The number of hydrogen-bond donors (Lipinski definition) is 0. The molecule has 4 rings (SSSR count). The summed E-state index contributed by atoms with van der Waals surface area (Å²) in [5.41, 5.74) is 5.10. The van der Waals surface area contributed by atoms with E-state index in [1.54, 1.807) is 0 Å². The predicted octanol–water partition coefficient (Wildman–Crippen LogP) is 3.68. The van der Waals surface area contributed by atoms with Crippen LogP contribution in [0.15, 0.2) is 54.7 Å². The molecule has 1 aliphatic rings. The Labute approximate surface area is 147 Å². The second-order valence-electron chi connectivity index (χ2n) is 6.31. The molecule has 0 spiro atoms. The number of hydrogen-bond acceptors (Lipinski definition) is 3. The third-order valence-electron chi connectivity index (χ3n) is 4.72. The Bertz CT molecular complexity index is 930. The van der Waals surface area contributed by atoms with Gasteiger partial charge in [0.25, 0.3) is 5.91 Å². The largest absolute Gasteiger partial charge is 0.378 e. The number of aromatic nitrogens is 1. The van der Waals surface area contributed by atoms with Gasteiger partial charge in [0, 0.05) is 30.2 Å². The molecule has 0 saturated carbocycles. The number of carbonyl (C=O) groups excluding carboxylic acids is 1. The van der Waals surface area contributed by atoms with Gasteiger partial charge in [-0.25, -0.2) is 0 Å². The molecule has 1 aliphatic heterocycles. The van der Waals surface area contributed by atoms with E-state index in [-0.39, 0.29) is 5.91 Å². The van der Waals surface area contributed by atoms with E-state index in [0.29, 0.717) is 31.9 Å². The predicted molar refractivity (Wildman–Crippen MR) is 98.6 cm³/mol. The maximum atomic E-state index is 12.7. The molecule has 0 aliphatic carbocycles. The van der Waals surface area contributed by atoms with Crippen molar-refractivity contribution in [3.8, 4) is 11.1 Å². The van der Waals surface area contributed by atoms with Crippen LogP contribution in [-0.4, -0.2) is 42.1 Å². The van der Waals surface area contributed by atoms with Crippen molar-refractivity contribution in [2.24, 2.45) is 0 Å². The maximum absolute atomic E-state index is 12.7. The van der Waals surface area contributed by atoms with Crippen LogP contribution >= 0.6 is 0 Å². The molecule has 1 amide bonds. The van der Waals surface area contributed by atoms with Gasteiger partial charge in [-0.2, -0.15) is 0 Å². The Kier molecular flexibility index (Phi) is 4.20. The number of pyridine rings is 1. The van der Waals surface area contributed by atoms with Gasteiger partial charge in [-0.1, -0.05) is 30.3 Å². The molecule has 126 valence electrons. The van der Waals surface area contributed by atoms with Crippen LogP contribution in [0.2, 0.25) is 0 Å². The highest BCUT2D eigenvalue weighted by atomic mass is 16.5. The Hall–Kier alpha value is -2.72. The summed E-state index contributed by atoms with van der Waals surface area (Å²) in [6, 6.07) is 16.2. The first-order valence-corrected chi connectivity index (χ1v) is 8.56. The number of carbonyl (C=O) groups is 1. The summed E-state index contributed by atoms with van der Waals surface area (Å²) in [5.74, 6) is 0.0493. The summed E-state index contributed by atoms with van der Waals surface area (Å²) in [4.78, 5) is 19.0. The molecule has 1 fully saturated rings. The summed E-state index contributed by atoms with van der Waals surface area (Å²) in [7, 11) is 0. The summed E-state index contributed by atoms with van der Waals surface area (Å²) in [6.45, 7) is 4.61. The zero-order chi connectivity index (χ0) is 17.2. The van der Waals surface area contributed by atoms with Gasteiger partial charge in [0.05, 0.1) is 18.7 Å². The molecule has 0 bridgehead atoms. The van der Waals surface area contributed by atoms with Crippen molar-refractivity contribution in [3.05, 3.63) is 65.9 Å². The van der Waals surface area contributed by atoms with E-state index in [1.165, 1.54) is 11.1 Å². The van der Waals surface area contributed by atoms with Crippen LogP contribution in [-0.2, 0) is 4.74 Å². The van der Waals surface area contributed by atoms with Gasteiger partial charge in [-0.15, -0.1) is 0 Å². The fourth-order valence-electron chi connectivity index (χ4n) is 3.34. The van der Waals surface area contributed by atoms with Crippen LogP contribution in [0.25, 0.3) is 22.0 Å². The van der Waals surface area contributed by atoms with E-state index < -0.39 is 0 Å². The summed E-state index contributed by atoms with van der Waals surface area (Å²) in [5, 5.41) is 1.07. The highest BCUT2D eigenvalue weighted by Crippen LogP contribution is 2.30. The van der Waals surface area contributed by atoms with Gasteiger partial charge in [-0.3, -0.25) is 9.78 Å². The standard InChI is InChI=1S/C21H20N2O2/c1-15-4-2-3-5-17(15)18-8-9-22-20-14-16(6-7-19(18)20)21(24)23-10-12-25-13-11-23/h2-9,14H,10-13H2,1H3. The third kappa shape index (κ3) is 3.01. The van der Waals surface area contributed by atoms with Crippen LogP contribution in [0.3, 0.4) is 0 Å². The van der Waals surface area contributed by atoms with E-state index in [2.05, 4.69) is 24.0 Å². The van der Waals surface area contributed by atoms with Crippen LogP contribution in [0.5, 0.6) is 0 Å². The molecule has 0 radical (unpaired) electrons. The molecular weight excluding hydrogens is 312 g/mol. The number of aryl methyl sites for hydroxylation is 1. The molecule has 0 atom stereocenters. The Balaban J connectivity index is 1.75. The molecule has 4 nitrogen and oxygen atoms in total. The zero-order valence-electron chi connectivity index (χ0n) is 14.2. The summed E-state index contributed by atoms with van der Waals surface area (Å²) >= 11 is 0. The first-order valence-electron chi connectivity index (χ1n) is 8.56. The van der Waals surface area contributed by atoms with Crippen molar-refractivity contribution >= 4 is 16.8 Å². The summed E-state index contributed by atoms with van der Waals surface area (Å²) < 4.78 is 5.33. The smallest absolute Gasteiger partial charge is 0.254 e. The van der Waals surface area contributed by atoms with Gasteiger partial charge in [0.15, 0.2) is 0 Å². The number of ether oxygens (including phenoxy) is 1. The molecule has 4 heteroatoms. The lowest BCUT2D eigenvalue weighted by molar-refractivity contribution is 0.0303. The zero-order valence-corrected chi connectivity index (χ0v) is 14.2. The van der Waals surface area contributed by atoms with Gasteiger partial charge in [0.2, 0.25) is 0 Å². The quantitative estimate of drug-likeness (QED) is 0.719. The SMILES string of the molecule is Cc1ccccc1-c1ccnc2cc(C(=O)N3CCOCC3)ccc12. The highest BCUT2D eigenvalue weighted by molar-refractivity contribution is 6.01. The lowest BCUT2D eigenvalue weighted by Crippen LogP contribution is -2.40. The molecule has 2 heterocycles. The normalized spacial score (nSPS) is 14.7. The number of rotatable bonds is 2. The molecule has 0 N–H and O–H groups in total. The van der Waals surface area contributed by atoms with Crippen molar-refractivity contribution in [2.45, 2.75) is 6.92 Å². The minimum Gasteiger partial charge on any atom is -0.378 e. The minimum atomic E-state index is 0.0493. The molecular formula is C21H20N2O2. The number of fused-ring (bicyclic) bond motifs is 1. The Morgan fingerprint density at radius 3 is 2.64 bits per heavy atom. The number of amides is 1. The van der Waals surface area contributed by atoms with E-state index in [0.717, 1.165) is 16.5 Å². The number of morpholine rings is 1. The first kappa shape index (κ1) is 15.8. The molecule has 3 aromatic rings. The van der Waals surface area contributed by atoms with Crippen LogP contribution in [0.4, 0.5) is 0 Å². The lowest BCUT2D eigenvalue weighted by atomic mass is 9.96. The van der Waals surface area contributed by atoms with Crippen LogP contribution in [0.1, 0.15) is 15.9 Å². The molecule has 25 heavy (non-hydrogen) atoms. The molecule has 0 unspecified atom stereocenters. The number of nitrogens with zero attached hydrogens (tertiary/aromatic N) is 2. The van der Waals surface area contributed by atoms with Gasteiger partial charge < -0.3 is 9.64 Å². The molecule has 1 aromatic heterocycles. The average Bonchev–Trinajstić information content (AvgIpc) is 2.68. The van der Waals surface area contributed by atoms with Crippen molar-refractivity contribution in [3.63, 3.8) is 0 Å². The van der Waals surface area contributed by atoms with Crippen molar-refractivity contribution in [1.29, 1.82) is 0 Å². The first-order chi connectivity index (χ1) is 12.2. The van der Waals surface area contributed by atoms with Gasteiger partial charge in [-0.05, 0) is 41.8 Å². The van der Waals surface area contributed by atoms with Gasteiger partial charge in [0.1, 0.15) is 0 Å². The monoisotopic (exact) mass is 332 g/mol. The average molecular weight is 332 g/mol. The second kappa shape index (κ2) is 6.65. The second-order valence-corrected chi connectivity index (χ2v) is 6.31. The lowest BCUT2D eigenvalue weighted by Gasteiger charge is -2.27. The topological polar surface area (TPSA) is 42.4 Å². The maximum Gasteiger partial charge on any atom is 0.254 e. The van der Waals surface area contributed by atoms with Crippen LogP contribution in [0, 0.1) is 6.92 Å². The number of benzene rings is 2. The van der Waals surface area contributed by atoms with E-state index in [9.17, 15) is 4.79 Å². The fraction of sp³-hybridized carbons (Fsp3) is 0.238. The van der Waals surface area contributed by atoms with Gasteiger partial charge >= 0.3 is 0 Å². The van der Waals surface area contributed by atoms with E-state index in [4.69, 9.17) is 4.74 Å². The summed E-state index contributed by atoms with van der Waals surface area (Å²) in [6.07, 6.45) is 1.81. The minimum absolute atomic E-state index is 0.0493. The fourth-order valence-corrected chi connectivity index (χ4v) is 3.34. The van der Waals surface area contributed by atoms with E-state index in [1.807, 2.05) is 47.5 Å². The molecule has 2 aromatic carbocycles. The Morgan fingerprint density at radius 1 is 1.04 bits per heavy atom. The molecule has 1 saturated heterocycles. The third-order valence-corrected chi connectivity index (χ3v) is 4.72. The Morgan fingerprint density at radius 2 is 1.84 bits per heavy atom. The van der Waals surface area contributed by atoms with Crippen molar-refractivity contribution < 1.29 is 9.53 Å². The van der Waals surface area contributed by atoms with E-state index >= 15 is 0 Å². The highest BCUT2D eigenvalue weighted by Gasteiger charge is 2.19. The van der Waals surface area contributed by atoms with Crippen molar-refractivity contribution in [2.75, 3.05) is 26.3 Å². The van der Waals surface area contributed by atoms with Crippen LogP contribution < -0.4 is 0 Å². The van der Waals surface area contributed by atoms with Crippen molar-refractivity contribution in [1.82, 2.24) is 9.88 Å².